The van der Waals surface area contributed by atoms with Crippen LogP contribution in [0, 0.1) is 6.92 Å². The molecule has 0 unspecified atom stereocenters. The maximum Gasteiger partial charge on any atom is 0.244 e. The van der Waals surface area contributed by atoms with Crippen molar-refractivity contribution >= 4 is 27.5 Å². The second-order valence-electron chi connectivity index (χ2n) is 9.48. The fourth-order valence-corrected chi connectivity index (χ4v) is 5.41. The van der Waals surface area contributed by atoms with E-state index in [1.807, 2.05) is 31.2 Å². The van der Waals surface area contributed by atoms with Crippen molar-refractivity contribution in [3.8, 4) is 11.5 Å². The molecule has 0 heterocycles. The van der Waals surface area contributed by atoms with Gasteiger partial charge >= 0.3 is 0 Å². The highest BCUT2D eigenvalue weighted by Crippen LogP contribution is 2.34. The predicted octanol–water partition coefficient (Wildman–Crippen LogP) is 3.25. The van der Waals surface area contributed by atoms with Crippen molar-refractivity contribution in [1.29, 1.82) is 0 Å². The number of benzene rings is 2. The first kappa shape index (κ1) is 28.3. The molecule has 1 aliphatic rings. The molecule has 1 atom stereocenters. The Morgan fingerprint density at radius 3 is 2.38 bits per heavy atom. The monoisotopic (exact) mass is 531 g/mol. The van der Waals surface area contributed by atoms with Crippen molar-refractivity contribution in [2.75, 3.05) is 31.3 Å². The summed E-state index contributed by atoms with van der Waals surface area (Å²) >= 11 is 0. The number of anilines is 1. The molecule has 0 saturated heterocycles. The summed E-state index contributed by atoms with van der Waals surface area (Å²) in [4.78, 5) is 28.4. The lowest BCUT2D eigenvalue weighted by Gasteiger charge is -2.32. The van der Waals surface area contributed by atoms with Gasteiger partial charge in [0.05, 0.1) is 26.2 Å². The number of carbonyl (C=O) groups excluding carboxylic acids is 2. The summed E-state index contributed by atoms with van der Waals surface area (Å²) in [5, 5.41) is 3.06. The minimum absolute atomic E-state index is 0.0967. The molecule has 0 aliphatic heterocycles. The number of methoxy groups -OCH3 is 2. The van der Waals surface area contributed by atoms with Gasteiger partial charge in [-0.15, -0.1) is 0 Å². The van der Waals surface area contributed by atoms with Crippen LogP contribution in [-0.4, -0.2) is 64.2 Å². The number of sulfonamides is 1. The Morgan fingerprint density at radius 1 is 1.08 bits per heavy atom. The summed E-state index contributed by atoms with van der Waals surface area (Å²) in [5.74, 6) is -0.0715. The van der Waals surface area contributed by atoms with Gasteiger partial charge in [0.1, 0.15) is 24.1 Å². The number of rotatable bonds is 11. The number of carbonyl (C=O) groups is 2. The number of ether oxygens (including phenoxy) is 2. The average Bonchev–Trinajstić information content (AvgIpc) is 3.37. The third-order valence-electron chi connectivity index (χ3n) is 6.64. The van der Waals surface area contributed by atoms with Crippen LogP contribution in [0.1, 0.15) is 43.7 Å². The molecule has 0 bridgehead atoms. The fraction of sp³-hybridized carbons (Fsp3) is 0.481. The zero-order valence-electron chi connectivity index (χ0n) is 22.2. The largest absolute Gasteiger partial charge is 0.497 e. The van der Waals surface area contributed by atoms with Crippen LogP contribution < -0.4 is 19.1 Å². The molecule has 1 saturated carbocycles. The van der Waals surface area contributed by atoms with Gasteiger partial charge in [0.2, 0.25) is 21.8 Å². The molecule has 3 rings (SSSR count). The molecule has 10 heteroatoms. The van der Waals surface area contributed by atoms with Gasteiger partial charge in [-0.2, -0.15) is 0 Å². The first-order valence-corrected chi connectivity index (χ1v) is 14.2. The lowest BCUT2D eigenvalue weighted by atomic mass is 10.1. The summed E-state index contributed by atoms with van der Waals surface area (Å²) < 4.78 is 37.4. The van der Waals surface area contributed by atoms with Crippen molar-refractivity contribution in [3.63, 3.8) is 0 Å². The zero-order chi connectivity index (χ0) is 27.2. The topological polar surface area (TPSA) is 105 Å². The summed E-state index contributed by atoms with van der Waals surface area (Å²) in [6.07, 6.45) is 5.00. The van der Waals surface area contributed by atoms with Crippen LogP contribution in [0.5, 0.6) is 11.5 Å². The smallest absolute Gasteiger partial charge is 0.244 e. The van der Waals surface area contributed by atoms with Crippen LogP contribution in [0.2, 0.25) is 0 Å². The van der Waals surface area contributed by atoms with Gasteiger partial charge < -0.3 is 19.7 Å². The normalized spacial score (nSPS) is 14.6. The summed E-state index contributed by atoms with van der Waals surface area (Å²) in [6.45, 7) is 3.28. The van der Waals surface area contributed by atoms with Crippen LogP contribution in [0.15, 0.2) is 42.5 Å². The number of amides is 2. The van der Waals surface area contributed by atoms with Gasteiger partial charge in [-0.1, -0.05) is 42.7 Å². The van der Waals surface area contributed by atoms with E-state index in [1.54, 1.807) is 19.1 Å². The summed E-state index contributed by atoms with van der Waals surface area (Å²) in [5.41, 5.74) is 2.04. The Balaban J connectivity index is 1.94. The van der Waals surface area contributed by atoms with E-state index in [0.717, 1.165) is 47.4 Å². The highest BCUT2D eigenvalue weighted by atomic mass is 32.2. The molecule has 2 aromatic rings. The molecule has 2 amide bonds. The van der Waals surface area contributed by atoms with E-state index in [9.17, 15) is 18.0 Å². The number of aryl methyl sites for hydroxylation is 1. The number of hydrogen-bond acceptors (Lipinski definition) is 6. The maximum atomic E-state index is 13.8. The standard InChI is InChI=1S/C27H37N3O6S/c1-19-9-8-10-21(15-19)17-29(20(2)27(32)28-22-11-6-7-12-22)26(31)18-30(37(5,33)34)24-16-23(35-3)13-14-25(24)36-4/h8-10,13-16,20,22H,6-7,11-12,17-18H2,1-5H3,(H,28,32)/t20-/m1/s1. The van der Waals surface area contributed by atoms with E-state index in [1.165, 1.54) is 25.2 Å². The molecule has 202 valence electrons. The number of hydrogen-bond donors (Lipinski definition) is 1. The van der Waals surface area contributed by atoms with Crippen LogP contribution in [0.3, 0.4) is 0 Å². The van der Waals surface area contributed by atoms with E-state index in [-0.39, 0.29) is 29.9 Å². The molecule has 0 radical (unpaired) electrons. The van der Waals surface area contributed by atoms with Gasteiger partial charge in [-0.05, 0) is 44.4 Å². The summed E-state index contributed by atoms with van der Waals surface area (Å²) in [6, 6.07) is 11.7. The van der Waals surface area contributed by atoms with Gasteiger partial charge in [-0.3, -0.25) is 13.9 Å². The lowest BCUT2D eigenvalue weighted by molar-refractivity contribution is -0.139. The number of nitrogens with one attached hydrogen (secondary N) is 1. The molecule has 0 aromatic heterocycles. The quantitative estimate of drug-likeness (QED) is 0.477. The Morgan fingerprint density at radius 2 is 1.78 bits per heavy atom. The highest BCUT2D eigenvalue weighted by molar-refractivity contribution is 7.92. The third kappa shape index (κ3) is 7.38. The second-order valence-corrected chi connectivity index (χ2v) is 11.4. The van der Waals surface area contributed by atoms with Gasteiger partial charge in [-0.25, -0.2) is 8.42 Å². The Hall–Kier alpha value is -3.27. The zero-order valence-corrected chi connectivity index (χ0v) is 23.0. The van der Waals surface area contributed by atoms with Crippen LogP contribution >= 0.6 is 0 Å². The maximum absolute atomic E-state index is 13.8. The average molecular weight is 532 g/mol. The van der Waals surface area contributed by atoms with Gasteiger partial charge in [0.15, 0.2) is 0 Å². The lowest BCUT2D eigenvalue weighted by Crippen LogP contribution is -2.52. The molecule has 9 nitrogen and oxygen atoms in total. The van der Waals surface area contributed by atoms with Crippen molar-refractivity contribution < 1.29 is 27.5 Å². The highest BCUT2D eigenvalue weighted by Gasteiger charge is 2.32. The van der Waals surface area contributed by atoms with Crippen molar-refractivity contribution in [1.82, 2.24) is 10.2 Å². The van der Waals surface area contributed by atoms with Crippen molar-refractivity contribution in [2.45, 2.75) is 58.2 Å². The molecule has 1 fully saturated rings. The van der Waals surface area contributed by atoms with E-state index < -0.39 is 28.5 Å². The minimum atomic E-state index is -3.90. The van der Waals surface area contributed by atoms with Crippen molar-refractivity contribution in [2.24, 2.45) is 0 Å². The Labute approximate surface area is 219 Å². The molecule has 0 spiro atoms. The van der Waals surface area contributed by atoms with Crippen LogP contribution in [-0.2, 0) is 26.2 Å². The van der Waals surface area contributed by atoms with Crippen molar-refractivity contribution in [3.05, 3.63) is 53.6 Å². The first-order valence-electron chi connectivity index (χ1n) is 12.4. The van der Waals surface area contributed by atoms with Crippen LogP contribution in [0.4, 0.5) is 5.69 Å². The van der Waals surface area contributed by atoms with E-state index >= 15 is 0 Å². The minimum Gasteiger partial charge on any atom is -0.497 e. The molecular formula is C27H37N3O6S. The van der Waals surface area contributed by atoms with E-state index in [4.69, 9.17) is 9.47 Å². The second kappa shape index (κ2) is 12.3. The van der Waals surface area contributed by atoms with Gasteiger partial charge in [0.25, 0.3) is 0 Å². The molecular weight excluding hydrogens is 494 g/mol. The summed E-state index contributed by atoms with van der Waals surface area (Å²) in [7, 11) is -1.01. The first-order chi connectivity index (χ1) is 17.5. The molecule has 37 heavy (non-hydrogen) atoms. The van der Waals surface area contributed by atoms with Crippen LogP contribution in [0.25, 0.3) is 0 Å². The Bertz CT molecular complexity index is 1210. The molecule has 2 aromatic carbocycles. The fourth-order valence-electron chi connectivity index (χ4n) is 4.57. The molecule has 1 aliphatic carbocycles. The predicted molar refractivity (Wildman–Crippen MR) is 143 cm³/mol. The van der Waals surface area contributed by atoms with Gasteiger partial charge in [0, 0.05) is 18.7 Å². The Kier molecular flexibility index (Phi) is 9.42. The third-order valence-corrected chi connectivity index (χ3v) is 7.76. The number of nitrogens with zero attached hydrogens (tertiary/aromatic N) is 2. The molecule has 1 N–H and O–H groups in total. The SMILES string of the molecule is COc1ccc(OC)c(N(CC(=O)N(Cc2cccc(C)c2)[C@H](C)C(=O)NC2CCCC2)S(C)(=O)=O)c1. The van der Waals surface area contributed by atoms with E-state index in [0.29, 0.717) is 5.75 Å². The van der Waals surface area contributed by atoms with E-state index in [2.05, 4.69) is 5.32 Å².